The highest BCUT2D eigenvalue weighted by Crippen LogP contribution is 2.29. The standard InChI is InChI=1S/C10H13NS/c1-7-6-9-4-3-5-12-10(9)11-8(7)2/h6H,3-5H2,1-2H3. The predicted molar refractivity (Wildman–Crippen MR) is 52.8 cm³/mol. The molecule has 0 saturated carbocycles. The quantitative estimate of drug-likeness (QED) is 0.607. The normalized spacial score (nSPS) is 15.8. The minimum atomic E-state index is 1.18. The van der Waals surface area contributed by atoms with E-state index in [1.165, 1.54) is 40.4 Å². The molecule has 0 N–H and O–H groups in total. The molecule has 1 aliphatic heterocycles. The van der Waals surface area contributed by atoms with Gasteiger partial charge in [-0.05, 0) is 43.6 Å². The second kappa shape index (κ2) is 3.09. The Bertz CT molecular complexity index is 276. The Labute approximate surface area is 77.6 Å². The summed E-state index contributed by atoms with van der Waals surface area (Å²) in [5, 5.41) is 1.27. The average molecular weight is 179 g/mol. The van der Waals surface area contributed by atoms with E-state index < -0.39 is 0 Å². The van der Waals surface area contributed by atoms with Crippen molar-refractivity contribution < 1.29 is 0 Å². The summed E-state index contributed by atoms with van der Waals surface area (Å²) < 4.78 is 0. The molecule has 1 aromatic rings. The van der Waals surface area contributed by atoms with Gasteiger partial charge in [0, 0.05) is 5.69 Å². The number of aryl methyl sites for hydroxylation is 3. The van der Waals surface area contributed by atoms with E-state index in [0.29, 0.717) is 0 Å². The van der Waals surface area contributed by atoms with Crippen molar-refractivity contribution in [2.24, 2.45) is 0 Å². The topological polar surface area (TPSA) is 12.9 Å². The van der Waals surface area contributed by atoms with Gasteiger partial charge in [0.05, 0.1) is 5.03 Å². The van der Waals surface area contributed by atoms with Crippen LogP contribution in [0.3, 0.4) is 0 Å². The van der Waals surface area contributed by atoms with Gasteiger partial charge < -0.3 is 0 Å². The molecular formula is C10H13NS. The van der Waals surface area contributed by atoms with Crippen LogP contribution in [0.1, 0.15) is 23.2 Å². The summed E-state index contributed by atoms with van der Waals surface area (Å²) in [5.74, 6) is 1.24. The predicted octanol–water partition coefficient (Wildman–Crippen LogP) is 2.74. The van der Waals surface area contributed by atoms with E-state index in [2.05, 4.69) is 24.9 Å². The highest BCUT2D eigenvalue weighted by Gasteiger charge is 2.11. The van der Waals surface area contributed by atoms with Gasteiger partial charge in [0.15, 0.2) is 0 Å². The first kappa shape index (κ1) is 8.11. The van der Waals surface area contributed by atoms with Gasteiger partial charge in [0.25, 0.3) is 0 Å². The number of rotatable bonds is 0. The Morgan fingerprint density at radius 2 is 2.25 bits per heavy atom. The second-order valence-corrected chi connectivity index (χ2v) is 4.39. The van der Waals surface area contributed by atoms with Gasteiger partial charge in [-0.3, -0.25) is 0 Å². The molecule has 0 atom stereocenters. The van der Waals surface area contributed by atoms with Crippen LogP contribution in [0.15, 0.2) is 11.1 Å². The zero-order valence-electron chi connectivity index (χ0n) is 7.55. The van der Waals surface area contributed by atoms with Crippen LogP contribution in [0, 0.1) is 13.8 Å². The fraction of sp³-hybridized carbons (Fsp3) is 0.500. The van der Waals surface area contributed by atoms with E-state index in [1.807, 2.05) is 11.8 Å². The lowest BCUT2D eigenvalue weighted by molar-refractivity contribution is 0.843. The van der Waals surface area contributed by atoms with E-state index in [-0.39, 0.29) is 0 Å². The molecule has 2 heterocycles. The molecule has 0 spiro atoms. The molecule has 12 heavy (non-hydrogen) atoms. The molecule has 0 unspecified atom stereocenters. The van der Waals surface area contributed by atoms with Crippen molar-refractivity contribution in [3.05, 3.63) is 22.9 Å². The summed E-state index contributed by atoms with van der Waals surface area (Å²) in [6.45, 7) is 4.23. The van der Waals surface area contributed by atoms with Gasteiger partial charge in [-0.2, -0.15) is 0 Å². The van der Waals surface area contributed by atoms with E-state index >= 15 is 0 Å². The van der Waals surface area contributed by atoms with Gasteiger partial charge >= 0.3 is 0 Å². The molecule has 0 fully saturated rings. The number of pyridine rings is 1. The summed E-state index contributed by atoms with van der Waals surface area (Å²) in [5.41, 5.74) is 3.97. The smallest absolute Gasteiger partial charge is 0.0995 e. The molecule has 0 aliphatic carbocycles. The van der Waals surface area contributed by atoms with Gasteiger partial charge in [-0.25, -0.2) is 4.98 Å². The van der Waals surface area contributed by atoms with E-state index in [4.69, 9.17) is 0 Å². The lowest BCUT2D eigenvalue weighted by Gasteiger charge is -2.15. The van der Waals surface area contributed by atoms with Crippen molar-refractivity contribution >= 4 is 11.8 Å². The molecule has 0 saturated heterocycles. The minimum Gasteiger partial charge on any atom is -0.246 e. The first-order valence-electron chi connectivity index (χ1n) is 4.37. The molecule has 0 aromatic carbocycles. The lowest BCUT2D eigenvalue weighted by Crippen LogP contribution is -2.03. The average Bonchev–Trinajstić information content (AvgIpc) is 2.07. The molecule has 2 heteroatoms. The number of thioether (sulfide) groups is 1. The third-order valence-corrected chi connectivity index (χ3v) is 3.45. The lowest BCUT2D eigenvalue weighted by atomic mass is 10.1. The molecule has 0 amide bonds. The highest BCUT2D eigenvalue weighted by molar-refractivity contribution is 7.99. The van der Waals surface area contributed by atoms with Gasteiger partial charge in [-0.1, -0.05) is 6.07 Å². The van der Waals surface area contributed by atoms with Crippen LogP contribution < -0.4 is 0 Å². The number of hydrogen-bond donors (Lipinski definition) is 0. The Hall–Kier alpha value is -0.500. The SMILES string of the molecule is Cc1cc2c(nc1C)SCCC2. The number of nitrogens with zero attached hydrogens (tertiary/aromatic N) is 1. The zero-order chi connectivity index (χ0) is 8.55. The fourth-order valence-corrected chi connectivity index (χ4v) is 2.51. The van der Waals surface area contributed by atoms with Crippen molar-refractivity contribution in [1.29, 1.82) is 0 Å². The van der Waals surface area contributed by atoms with Crippen LogP contribution in [0.25, 0.3) is 0 Å². The molecule has 1 aromatic heterocycles. The van der Waals surface area contributed by atoms with Crippen molar-refractivity contribution in [2.75, 3.05) is 5.75 Å². The third kappa shape index (κ3) is 1.36. The minimum absolute atomic E-state index is 1.18. The van der Waals surface area contributed by atoms with Crippen molar-refractivity contribution in [3.63, 3.8) is 0 Å². The Kier molecular flexibility index (Phi) is 2.09. The van der Waals surface area contributed by atoms with Crippen LogP contribution in [0.2, 0.25) is 0 Å². The largest absolute Gasteiger partial charge is 0.246 e. The van der Waals surface area contributed by atoms with Crippen LogP contribution in [0.4, 0.5) is 0 Å². The summed E-state index contributed by atoms with van der Waals surface area (Å²) >= 11 is 1.90. The molecule has 2 rings (SSSR count). The highest BCUT2D eigenvalue weighted by atomic mass is 32.2. The number of hydrogen-bond acceptors (Lipinski definition) is 2. The molecule has 1 aliphatic rings. The monoisotopic (exact) mass is 179 g/mol. The maximum absolute atomic E-state index is 4.58. The van der Waals surface area contributed by atoms with Gasteiger partial charge in [-0.15, -0.1) is 11.8 Å². The van der Waals surface area contributed by atoms with Gasteiger partial charge in [0.2, 0.25) is 0 Å². The molecule has 0 radical (unpaired) electrons. The summed E-state index contributed by atoms with van der Waals surface area (Å²) in [7, 11) is 0. The van der Waals surface area contributed by atoms with E-state index in [0.717, 1.165) is 0 Å². The van der Waals surface area contributed by atoms with Crippen LogP contribution in [-0.4, -0.2) is 10.7 Å². The Morgan fingerprint density at radius 3 is 3.08 bits per heavy atom. The third-order valence-electron chi connectivity index (χ3n) is 2.33. The Balaban J connectivity index is 2.49. The first-order chi connectivity index (χ1) is 5.77. The summed E-state index contributed by atoms with van der Waals surface area (Å²) in [6, 6.07) is 2.30. The maximum atomic E-state index is 4.58. The van der Waals surface area contributed by atoms with E-state index in [1.54, 1.807) is 0 Å². The van der Waals surface area contributed by atoms with Gasteiger partial charge in [0.1, 0.15) is 0 Å². The molecule has 1 nitrogen and oxygen atoms in total. The van der Waals surface area contributed by atoms with Crippen LogP contribution >= 0.6 is 11.8 Å². The second-order valence-electron chi connectivity index (χ2n) is 3.31. The number of fused-ring (bicyclic) bond motifs is 1. The van der Waals surface area contributed by atoms with Crippen molar-refractivity contribution in [3.8, 4) is 0 Å². The van der Waals surface area contributed by atoms with Crippen molar-refractivity contribution in [2.45, 2.75) is 31.7 Å². The molecule has 0 bridgehead atoms. The summed E-state index contributed by atoms with van der Waals surface area (Å²) in [6.07, 6.45) is 2.53. The van der Waals surface area contributed by atoms with Crippen molar-refractivity contribution in [1.82, 2.24) is 4.98 Å². The molecule has 64 valence electrons. The fourth-order valence-electron chi connectivity index (χ4n) is 1.48. The van der Waals surface area contributed by atoms with E-state index in [9.17, 15) is 0 Å². The maximum Gasteiger partial charge on any atom is 0.0995 e. The first-order valence-corrected chi connectivity index (χ1v) is 5.36. The number of aromatic nitrogens is 1. The summed E-state index contributed by atoms with van der Waals surface area (Å²) in [4.78, 5) is 4.58. The van der Waals surface area contributed by atoms with Crippen LogP contribution in [0.5, 0.6) is 0 Å². The molecular weight excluding hydrogens is 166 g/mol. The zero-order valence-corrected chi connectivity index (χ0v) is 8.37. The Morgan fingerprint density at radius 1 is 1.42 bits per heavy atom. The van der Waals surface area contributed by atoms with Crippen LogP contribution in [-0.2, 0) is 6.42 Å².